The minimum Gasteiger partial charge on any atom is -0.486 e. The standard InChI is InChI=1S/C21H30FN7O/c1-17(30-19-7-4-3-6-18(19)22)16-27-20(23-2)24-10-11-28-12-14-29(15-13-28)21-25-8-5-9-26-21/h3-9,17H,10-16H2,1-2H3,(H2,23,24,27). The summed E-state index contributed by atoms with van der Waals surface area (Å²) in [5.74, 6) is 1.41. The molecule has 1 aromatic heterocycles. The van der Waals surface area contributed by atoms with Gasteiger partial charge in [0.15, 0.2) is 17.5 Å². The van der Waals surface area contributed by atoms with Gasteiger partial charge in [0, 0.05) is 58.7 Å². The van der Waals surface area contributed by atoms with Crippen LogP contribution in [-0.2, 0) is 0 Å². The van der Waals surface area contributed by atoms with E-state index in [1.54, 1.807) is 37.6 Å². The summed E-state index contributed by atoms with van der Waals surface area (Å²) >= 11 is 0. The lowest BCUT2D eigenvalue weighted by Gasteiger charge is -2.34. The number of nitrogens with one attached hydrogen (secondary N) is 2. The Bertz CT molecular complexity index is 797. The number of para-hydroxylation sites is 1. The van der Waals surface area contributed by atoms with Crippen LogP contribution in [0, 0.1) is 5.82 Å². The Morgan fingerprint density at radius 1 is 1.13 bits per heavy atom. The SMILES string of the molecule is CN=C(NCCN1CCN(c2ncccn2)CC1)NCC(C)Oc1ccccc1F. The molecular weight excluding hydrogens is 385 g/mol. The van der Waals surface area contributed by atoms with Gasteiger partial charge in [-0.1, -0.05) is 12.1 Å². The van der Waals surface area contributed by atoms with E-state index < -0.39 is 0 Å². The number of guanidine groups is 1. The molecule has 0 saturated carbocycles. The molecule has 8 nitrogen and oxygen atoms in total. The number of anilines is 1. The number of aliphatic imine (C=N–C) groups is 1. The lowest BCUT2D eigenvalue weighted by Crippen LogP contribution is -2.50. The molecule has 3 rings (SSSR count). The number of benzene rings is 1. The van der Waals surface area contributed by atoms with Gasteiger partial charge in [-0.3, -0.25) is 9.89 Å². The fraction of sp³-hybridized carbons (Fsp3) is 0.476. The summed E-state index contributed by atoms with van der Waals surface area (Å²) in [6.07, 6.45) is 3.35. The number of piperazine rings is 1. The molecule has 0 spiro atoms. The highest BCUT2D eigenvalue weighted by Gasteiger charge is 2.18. The van der Waals surface area contributed by atoms with Crippen molar-refractivity contribution in [3.05, 3.63) is 48.5 Å². The van der Waals surface area contributed by atoms with Gasteiger partial charge in [-0.15, -0.1) is 0 Å². The molecule has 2 aromatic rings. The van der Waals surface area contributed by atoms with Gasteiger partial charge < -0.3 is 20.3 Å². The predicted octanol–water partition coefficient (Wildman–Crippen LogP) is 1.37. The molecule has 162 valence electrons. The lowest BCUT2D eigenvalue weighted by molar-refractivity contribution is 0.214. The van der Waals surface area contributed by atoms with E-state index in [1.807, 2.05) is 13.0 Å². The fourth-order valence-electron chi connectivity index (χ4n) is 3.22. The summed E-state index contributed by atoms with van der Waals surface area (Å²) in [6, 6.07) is 8.25. The number of ether oxygens (including phenoxy) is 1. The van der Waals surface area contributed by atoms with Crippen LogP contribution in [0.3, 0.4) is 0 Å². The second kappa shape index (κ2) is 11.3. The summed E-state index contributed by atoms with van der Waals surface area (Å²) in [6.45, 7) is 7.89. The van der Waals surface area contributed by atoms with Crippen LogP contribution in [0.25, 0.3) is 0 Å². The van der Waals surface area contributed by atoms with Crippen LogP contribution in [0.5, 0.6) is 5.75 Å². The second-order valence-corrected chi connectivity index (χ2v) is 7.12. The third-order valence-corrected chi connectivity index (χ3v) is 4.87. The van der Waals surface area contributed by atoms with Crippen LogP contribution >= 0.6 is 0 Å². The molecule has 0 amide bonds. The molecule has 0 radical (unpaired) electrons. The topological polar surface area (TPSA) is 77.9 Å². The van der Waals surface area contributed by atoms with Crippen molar-refractivity contribution in [3.8, 4) is 5.75 Å². The molecule has 1 aliphatic heterocycles. The summed E-state index contributed by atoms with van der Waals surface area (Å²) < 4.78 is 19.3. The van der Waals surface area contributed by atoms with Gasteiger partial charge in [-0.2, -0.15) is 0 Å². The summed E-state index contributed by atoms with van der Waals surface area (Å²) in [5, 5.41) is 6.54. The number of nitrogens with zero attached hydrogens (tertiary/aromatic N) is 5. The van der Waals surface area contributed by atoms with Gasteiger partial charge in [0.05, 0.1) is 6.54 Å². The Balaban J connectivity index is 1.32. The monoisotopic (exact) mass is 415 g/mol. The molecule has 1 aromatic carbocycles. The van der Waals surface area contributed by atoms with Crippen LogP contribution in [0.2, 0.25) is 0 Å². The molecule has 1 unspecified atom stereocenters. The van der Waals surface area contributed by atoms with Gasteiger partial charge >= 0.3 is 0 Å². The van der Waals surface area contributed by atoms with Crippen molar-refractivity contribution in [1.82, 2.24) is 25.5 Å². The summed E-state index contributed by atoms with van der Waals surface area (Å²) in [5.41, 5.74) is 0. The van der Waals surface area contributed by atoms with E-state index in [0.717, 1.165) is 45.2 Å². The maximum atomic E-state index is 13.7. The van der Waals surface area contributed by atoms with Crippen molar-refractivity contribution in [1.29, 1.82) is 0 Å². The molecule has 30 heavy (non-hydrogen) atoms. The van der Waals surface area contributed by atoms with Crippen LogP contribution in [-0.4, -0.2) is 79.8 Å². The molecule has 1 saturated heterocycles. The first kappa shape index (κ1) is 21.8. The summed E-state index contributed by atoms with van der Waals surface area (Å²) in [7, 11) is 1.73. The minimum atomic E-state index is -0.356. The van der Waals surface area contributed by atoms with Gasteiger partial charge in [0.25, 0.3) is 0 Å². The quantitative estimate of drug-likeness (QED) is 0.498. The first-order chi connectivity index (χ1) is 14.7. The second-order valence-electron chi connectivity index (χ2n) is 7.12. The molecular formula is C21H30FN7O. The average Bonchev–Trinajstić information content (AvgIpc) is 2.78. The molecule has 0 aliphatic carbocycles. The maximum Gasteiger partial charge on any atom is 0.225 e. The average molecular weight is 416 g/mol. The Morgan fingerprint density at radius 2 is 1.87 bits per heavy atom. The lowest BCUT2D eigenvalue weighted by atomic mass is 10.3. The minimum absolute atomic E-state index is 0.200. The molecule has 1 atom stereocenters. The van der Waals surface area contributed by atoms with Crippen molar-refractivity contribution in [2.24, 2.45) is 4.99 Å². The third-order valence-electron chi connectivity index (χ3n) is 4.87. The smallest absolute Gasteiger partial charge is 0.225 e. The highest BCUT2D eigenvalue weighted by atomic mass is 19.1. The van der Waals surface area contributed by atoms with Crippen LogP contribution in [0.15, 0.2) is 47.7 Å². The van der Waals surface area contributed by atoms with Gasteiger partial charge in [-0.05, 0) is 25.1 Å². The van der Waals surface area contributed by atoms with Gasteiger partial charge in [0.1, 0.15) is 6.10 Å². The zero-order valence-electron chi connectivity index (χ0n) is 17.6. The van der Waals surface area contributed by atoms with Crippen LogP contribution in [0.1, 0.15) is 6.92 Å². The number of hydrogen-bond donors (Lipinski definition) is 2. The van der Waals surface area contributed by atoms with Crippen molar-refractivity contribution < 1.29 is 9.13 Å². The first-order valence-corrected chi connectivity index (χ1v) is 10.3. The Hall–Kier alpha value is -2.94. The van der Waals surface area contributed by atoms with Gasteiger partial charge in [-0.25, -0.2) is 14.4 Å². The third kappa shape index (κ3) is 6.55. The number of aromatic nitrogens is 2. The number of hydrogen-bond acceptors (Lipinski definition) is 6. The highest BCUT2D eigenvalue weighted by molar-refractivity contribution is 5.79. The largest absolute Gasteiger partial charge is 0.486 e. The molecule has 0 bridgehead atoms. The van der Waals surface area contributed by atoms with E-state index in [9.17, 15) is 4.39 Å². The van der Waals surface area contributed by atoms with E-state index in [0.29, 0.717) is 12.5 Å². The van der Waals surface area contributed by atoms with Crippen LogP contribution in [0.4, 0.5) is 10.3 Å². The van der Waals surface area contributed by atoms with E-state index in [2.05, 4.69) is 35.4 Å². The summed E-state index contributed by atoms with van der Waals surface area (Å²) in [4.78, 5) is 17.5. The predicted molar refractivity (Wildman–Crippen MR) is 117 cm³/mol. The molecule has 1 aliphatic rings. The zero-order valence-corrected chi connectivity index (χ0v) is 17.6. The highest BCUT2D eigenvalue weighted by Crippen LogP contribution is 2.16. The van der Waals surface area contributed by atoms with E-state index in [4.69, 9.17) is 4.74 Å². The van der Waals surface area contributed by atoms with Crippen molar-refractivity contribution in [2.45, 2.75) is 13.0 Å². The number of rotatable bonds is 8. The first-order valence-electron chi connectivity index (χ1n) is 10.3. The Morgan fingerprint density at radius 3 is 2.57 bits per heavy atom. The normalized spacial score (nSPS) is 16.2. The van der Waals surface area contributed by atoms with Crippen molar-refractivity contribution >= 4 is 11.9 Å². The number of halogens is 1. The molecule has 2 N–H and O–H groups in total. The molecule has 1 fully saturated rings. The van der Waals surface area contributed by atoms with Crippen molar-refractivity contribution in [3.63, 3.8) is 0 Å². The van der Waals surface area contributed by atoms with E-state index in [1.165, 1.54) is 6.07 Å². The molecule has 9 heteroatoms. The van der Waals surface area contributed by atoms with Gasteiger partial charge in [0.2, 0.25) is 5.95 Å². The van der Waals surface area contributed by atoms with Crippen molar-refractivity contribution in [2.75, 3.05) is 57.8 Å². The van der Waals surface area contributed by atoms with E-state index >= 15 is 0 Å². The zero-order chi connectivity index (χ0) is 21.2. The Kier molecular flexibility index (Phi) is 8.20. The Labute approximate surface area is 177 Å². The van der Waals surface area contributed by atoms with E-state index in [-0.39, 0.29) is 17.7 Å². The molecule has 2 heterocycles. The van der Waals surface area contributed by atoms with Crippen LogP contribution < -0.4 is 20.3 Å². The maximum absolute atomic E-state index is 13.7. The fourth-order valence-corrected chi connectivity index (χ4v) is 3.22.